The van der Waals surface area contributed by atoms with Gasteiger partial charge in [-0.15, -0.1) is 11.3 Å². The van der Waals surface area contributed by atoms with Crippen LogP contribution in [0.4, 0.5) is 18.9 Å². The summed E-state index contributed by atoms with van der Waals surface area (Å²) >= 11 is 1.33. The smallest absolute Gasteiger partial charge is 0.252 e. The highest BCUT2D eigenvalue weighted by Crippen LogP contribution is 2.19. The monoisotopic (exact) mass is 457 g/mol. The lowest BCUT2D eigenvalue weighted by atomic mass is 10.2. The fourth-order valence-corrected chi connectivity index (χ4v) is 3.36. The molecule has 2 aromatic rings. The first-order valence-electron chi connectivity index (χ1n) is 9.34. The number of rotatable bonds is 9. The zero-order valence-corrected chi connectivity index (χ0v) is 17.7. The fourth-order valence-electron chi connectivity index (χ4n) is 2.59. The molecule has 0 aliphatic carbocycles. The van der Waals surface area contributed by atoms with Crippen molar-refractivity contribution in [3.05, 3.63) is 45.7 Å². The summed E-state index contributed by atoms with van der Waals surface area (Å²) in [5, 5.41) is 4.57. The van der Waals surface area contributed by atoms with Gasteiger partial charge >= 0.3 is 0 Å². The minimum absolute atomic E-state index is 0.0136. The number of thiazole rings is 1. The third-order valence-electron chi connectivity index (χ3n) is 3.90. The maximum absolute atomic E-state index is 13.7. The molecule has 2 rings (SSSR count). The van der Waals surface area contributed by atoms with Gasteiger partial charge in [0, 0.05) is 11.1 Å². The predicted molar refractivity (Wildman–Crippen MR) is 109 cm³/mol. The number of hydrazine groups is 1. The number of nitrogens with zero attached hydrogens (tertiary/aromatic N) is 2. The van der Waals surface area contributed by atoms with Crippen molar-refractivity contribution >= 4 is 34.7 Å². The summed E-state index contributed by atoms with van der Waals surface area (Å²) in [4.78, 5) is 41.7. The molecule has 3 amide bonds. The van der Waals surface area contributed by atoms with Crippen LogP contribution >= 0.6 is 11.3 Å². The molecule has 1 aromatic carbocycles. The Kier molecular flexibility index (Phi) is 8.94. The Hall–Kier alpha value is -2.99. The maximum Gasteiger partial charge on any atom is 0.252 e. The zero-order valence-electron chi connectivity index (χ0n) is 16.9. The highest BCUT2D eigenvalue weighted by molar-refractivity contribution is 7.09. The van der Waals surface area contributed by atoms with E-state index in [4.69, 9.17) is 0 Å². The molecule has 0 unspecified atom stereocenters. The lowest BCUT2D eigenvalue weighted by Crippen LogP contribution is -2.48. The first-order valence-corrected chi connectivity index (χ1v) is 10.2. The molecule has 0 fully saturated rings. The molecule has 12 heteroatoms. The van der Waals surface area contributed by atoms with Gasteiger partial charge in [0.15, 0.2) is 17.5 Å². The number of anilines is 1. The number of aromatic nitrogens is 1. The van der Waals surface area contributed by atoms with Gasteiger partial charge in [0.1, 0.15) is 5.01 Å². The molecule has 0 saturated heterocycles. The summed E-state index contributed by atoms with van der Waals surface area (Å²) in [6.45, 7) is 3.46. The average molecular weight is 457 g/mol. The number of nitrogens with one attached hydrogen (secondary N) is 3. The lowest BCUT2D eigenvalue weighted by Gasteiger charge is -2.20. The maximum atomic E-state index is 13.7. The normalized spacial score (nSPS) is 10.8. The van der Waals surface area contributed by atoms with Gasteiger partial charge in [-0.2, -0.15) is 0 Å². The van der Waals surface area contributed by atoms with Crippen LogP contribution < -0.4 is 16.2 Å². The predicted octanol–water partition coefficient (Wildman–Crippen LogP) is 1.91. The van der Waals surface area contributed by atoms with E-state index < -0.39 is 40.9 Å². The minimum atomic E-state index is -1.69. The standard InChI is InChI=1S/C19H22F3N5O3S/c1-3-6-27(8-15(29)24-13-5-4-12(20)18(21)19(13)22)9-16(30)26-25-14(28)7-17-23-11(2)10-31-17/h4-5,10H,3,6-9H2,1-2H3,(H,24,29)(H,25,28)(H,26,30). The van der Waals surface area contributed by atoms with Crippen molar-refractivity contribution in [1.82, 2.24) is 20.7 Å². The van der Waals surface area contributed by atoms with E-state index in [1.165, 1.54) is 16.2 Å². The molecule has 0 aliphatic heterocycles. The van der Waals surface area contributed by atoms with Crippen molar-refractivity contribution in [1.29, 1.82) is 0 Å². The van der Waals surface area contributed by atoms with Crippen molar-refractivity contribution in [3.8, 4) is 0 Å². The van der Waals surface area contributed by atoms with Gasteiger partial charge in [-0.25, -0.2) is 18.2 Å². The summed E-state index contributed by atoms with van der Waals surface area (Å²) in [6, 6.07) is 1.60. The summed E-state index contributed by atoms with van der Waals surface area (Å²) in [5.74, 6) is -6.29. The van der Waals surface area contributed by atoms with Crippen LogP contribution in [0.1, 0.15) is 24.0 Å². The highest BCUT2D eigenvalue weighted by atomic mass is 32.1. The highest BCUT2D eigenvalue weighted by Gasteiger charge is 2.18. The van der Waals surface area contributed by atoms with Crippen molar-refractivity contribution < 1.29 is 27.6 Å². The summed E-state index contributed by atoms with van der Waals surface area (Å²) in [7, 11) is 0. The molecule has 0 radical (unpaired) electrons. The van der Waals surface area contributed by atoms with Crippen molar-refractivity contribution in [2.24, 2.45) is 0 Å². The molecule has 168 valence electrons. The number of aryl methyl sites for hydroxylation is 1. The van der Waals surface area contributed by atoms with E-state index in [0.717, 1.165) is 11.8 Å². The van der Waals surface area contributed by atoms with Crippen molar-refractivity contribution in [2.45, 2.75) is 26.7 Å². The number of halogens is 3. The number of carbonyl (C=O) groups excluding carboxylic acids is 3. The number of amides is 3. The molecule has 0 atom stereocenters. The SMILES string of the molecule is CCCN(CC(=O)NNC(=O)Cc1nc(C)cs1)CC(=O)Nc1ccc(F)c(F)c1F. The second-order valence-electron chi connectivity index (χ2n) is 6.64. The summed E-state index contributed by atoms with van der Waals surface area (Å²) in [5.41, 5.74) is 4.83. The van der Waals surface area contributed by atoms with Gasteiger partial charge in [-0.1, -0.05) is 6.92 Å². The number of hydrogen-bond acceptors (Lipinski definition) is 6. The molecule has 0 aliphatic rings. The van der Waals surface area contributed by atoms with Gasteiger partial charge in [0.25, 0.3) is 5.91 Å². The van der Waals surface area contributed by atoms with Crippen LogP contribution in [0, 0.1) is 24.4 Å². The van der Waals surface area contributed by atoms with E-state index >= 15 is 0 Å². The molecule has 0 saturated carbocycles. The Morgan fingerprint density at radius 1 is 1.03 bits per heavy atom. The number of hydrogen-bond donors (Lipinski definition) is 3. The van der Waals surface area contributed by atoms with Crippen molar-refractivity contribution in [2.75, 3.05) is 25.0 Å². The Balaban J connectivity index is 1.84. The Morgan fingerprint density at radius 2 is 1.71 bits per heavy atom. The van der Waals surface area contributed by atoms with Gasteiger partial charge in [0.05, 0.1) is 25.2 Å². The summed E-state index contributed by atoms with van der Waals surface area (Å²) in [6.07, 6.45) is 0.621. The van der Waals surface area contributed by atoms with Crippen LogP contribution in [0.3, 0.4) is 0 Å². The van der Waals surface area contributed by atoms with Gasteiger partial charge in [-0.3, -0.25) is 30.1 Å². The van der Waals surface area contributed by atoms with Crippen LogP contribution in [-0.2, 0) is 20.8 Å². The topological polar surface area (TPSA) is 103 Å². The average Bonchev–Trinajstić information content (AvgIpc) is 3.11. The second-order valence-corrected chi connectivity index (χ2v) is 7.58. The minimum Gasteiger partial charge on any atom is -0.322 e. The van der Waals surface area contributed by atoms with Crippen LogP contribution in [0.2, 0.25) is 0 Å². The largest absolute Gasteiger partial charge is 0.322 e. The molecule has 0 spiro atoms. The summed E-state index contributed by atoms with van der Waals surface area (Å²) < 4.78 is 40.0. The van der Waals surface area contributed by atoms with Crippen LogP contribution in [0.5, 0.6) is 0 Å². The van der Waals surface area contributed by atoms with E-state index in [9.17, 15) is 27.6 Å². The quantitative estimate of drug-likeness (QED) is 0.394. The Bertz CT molecular complexity index is 954. The van der Waals surface area contributed by atoms with E-state index in [2.05, 4.69) is 21.2 Å². The molecular formula is C19H22F3N5O3S. The lowest BCUT2D eigenvalue weighted by molar-refractivity contribution is -0.129. The zero-order chi connectivity index (χ0) is 23.0. The third kappa shape index (κ3) is 7.64. The molecule has 31 heavy (non-hydrogen) atoms. The third-order valence-corrected chi connectivity index (χ3v) is 4.87. The Labute approximate surface area is 180 Å². The van der Waals surface area contributed by atoms with Gasteiger partial charge in [0.2, 0.25) is 11.8 Å². The number of benzene rings is 1. The molecule has 1 aromatic heterocycles. The Morgan fingerprint density at radius 3 is 2.35 bits per heavy atom. The van der Waals surface area contributed by atoms with Gasteiger partial charge in [-0.05, 0) is 32.0 Å². The molecule has 8 nitrogen and oxygen atoms in total. The fraction of sp³-hybridized carbons (Fsp3) is 0.368. The van der Waals surface area contributed by atoms with Crippen LogP contribution in [-0.4, -0.2) is 47.2 Å². The van der Waals surface area contributed by atoms with E-state index in [1.54, 1.807) is 12.3 Å². The molecule has 3 N–H and O–H groups in total. The van der Waals surface area contributed by atoms with E-state index in [1.807, 2.05) is 6.92 Å². The first-order chi connectivity index (χ1) is 14.7. The molecular weight excluding hydrogens is 435 g/mol. The first kappa shape index (κ1) is 24.3. The van der Waals surface area contributed by atoms with E-state index in [0.29, 0.717) is 24.0 Å². The van der Waals surface area contributed by atoms with Crippen molar-refractivity contribution in [3.63, 3.8) is 0 Å². The molecule has 1 heterocycles. The van der Waals surface area contributed by atoms with E-state index in [-0.39, 0.29) is 19.5 Å². The van der Waals surface area contributed by atoms with Crippen LogP contribution in [0.25, 0.3) is 0 Å². The molecule has 0 bridgehead atoms. The van der Waals surface area contributed by atoms with Gasteiger partial charge < -0.3 is 5.32 Å². The second kappa shape index (κ2) is 11.4. The number of carbonyl (C=O) groups is 3. The van der Waals surface area contributed by atoms with Crippen LogP contribution in [0.15, 0.2) is 17.5 Å².